The van der Waals surface area contributed by atoms with Gasteiger partial charge in [0.25, 0.3) is 5.91 Å². The van der Waals surface area contributed by atoms with Crippen molar-refractivity contribution in [1.82, 2.24) is 4.90 Å². The number of amides is 1. The SMILES string of the molecule is CC(C)COC(=O)C1CSCN1C(=O)c1ccccc1. The second kappa shape index (κ2) is 6.79. The summed E-state index contributed by atoms with van der Waals surface area (Å²) in [5.41, 5.74) is 0.608. The van der Waals surface area contributed by atoms with Gasteiger partial charge in [-0.2, -0.15) is 0 Å². The monoisotopic (exact) mass is 293 g/mol. The third-order valence-corrected chi connectivity index (χ3v) is 4.01. The zero-order chi connectivity index (χ0) is 14.5. The zero-order valence-electron chi connectivity index (χ0n) is 11.7. The van der Waals surface area contributed by atoms with E-state index in [2.05, 4.69) is 0 Å². The molecule has 0 aliphatic carbocycles. The van der Waals surface area contributed by atoms with Crippen molar-refractivity contribution in [3.63, 3.8) is 0 Å². The molecule has 1 aliphatic heterocycles. The number of hydrogen-bond donors (Lipinski definition) is 0. The molecule has 1 fully saturated rings. The maximum atomic E-state index is 12.4. The van der Waals surface area contributed by atoms with Gasteiger partial charge in [0.15, 0.2) is 0 Å². The minimum absolute atomic E-state index is 0.109. The van der Waals surface area contributed by atoms with E-state index >= 15 is 0 Å². The Labute approximate surface area is 123 Å². The topological polar surface area (TPSA) is 46.6 Å². The maximum Gasteiger partial charge on any atom is 0.329 e. The predicted molar refractivity (Wildman–Crippen MR) is 79.5 cm³/mol. The van der Waals surface area contributed by atoms with Gasteiger partial charge in [0.05, 0.1) is 12.5 Å². The second-order valence-corrected chi connectivity index (χ2v) is 6.18. The molecule has 1 atom stereocenters. The lowest BCUT2D eigenvalue weighted by Crippen LogP contribution is -2.43. The van der Waals surface area contributed by atoms with E-state index in [0.29, 0.717) is 29.7 Å². The van der Waals surface area contributed by atoms with Crippen molar-refractivity contribution in [3.8, 4) is 0 Å². The minimum atomic E-state index is -0.466. The zero-order valence-corrected chi connectivity index (χ0v) is 12.6. The summed E-state index contributed by atoms with van der Waals surface area (Å²) in [6, 6.07) is 8.57. The van der Waals surface area contributed by atoms with Crippen molar-refractivity contribution in [2.45, 2.75) is 19.9 Å². The Bertz CT molecular complexity index is 475. The van der Waals surface area contributed by atoms with E-state index in [1.165, 1.54) is 0 Å². The molecule has 0 N–H and O–H groups in total. The van der Waals surface area contributed by atoms with Crippen molar-refractivity contribution < 1.29 is 14.3 Å². The standard InChI is InChI=1S/C15H19NO3S/c1-11(2)8-19-15(18)13-9-20-10-16(13)14(17)12-6-4-3-5-7-12/h3-7,11,13H,8-10H2,1-2H3. The lowest BCUT2D eigenvalue weighted by Gasteiger charge is -2.22. The van der Waals surface area contributed by atoms with Gasteiger partial charge in [0.2, 0.25) is 0 Å². The number of esters is 1. The average Bonchev–Trinajstić information content (AvgIpc) is 2.94. The Morgan fingerprint density at radius 3 is 2.70 bits per heavy atom. The molecule has 1 aromatic rings. The van der Waals surface area contributed by atoms with Gasteiger partial charge < -0.3 is 9.64 Å². The highest BCUT2D eigenvalue weighted by Gasteiger charge is 2.36. The summed E-state index contributed by atoms with van der Waals surface area (Å²) in [6.07, 6.45) is 0. The van der Waals surface area contributed by atoms with E-state index < -0.39 is 6.04 Å². The van der Waals surface area contributed by atoms with Gasteiger partial charge in [-0.15, -0.1) is 11.8 Å². The number of nitrogens with zero attached hydrogens (tertiary/aromatic N) is 1. The molecule has 108 valence electrons. The van der Waals surface area contributed by atoms with Crippen LogP contribution in [0.5, 0.6) is 0 Å². The van der Waals surface area contributed by atoms with Gasteiger partial charge >= 0.3 is 5.97 Å². The predicted octanol–water partition coefficient (Wildman–Crippen LogP) is 2.40. The first-order valence-corrected chi connectivity index (χ1v) is 7.85. The number of carbonyl (C=O) groups is 2. The van der Waals surface area contributed by atoms with Gasteiger partial charge in [0.1, 0.15) is 6.04 Å². The van der Waals surface area contributed by atoms with Gasteiger partial charge in [-0.05, 0) is 18.1 Å². The fourth-order valence-electron chi connectivity index (χ4n) is 1.93. The molecule has 0 radical (unpaired) electrons. The highest BCUT2D eigenvalue weighted by molar-refractivity contribution is 7.99. The lowest BCUT2D eigenvalue weighted by molar-refractivity contribution is -0.148. The molecule has 0 bridgehead atoms. The molecule has 1 aliphatic rings. The summed E-state index contributed by atoms with van der Waals surface area (Å²) in [4.78, 5) is 26.1. The van der Waals surface area contributed by atoms with Crippen LogP contribution in [-0.2, 0) is 9.53 Å². The molecular formula is C15H19NO3S. The molecule has 2 rings (SSSR count). The quantitative estimate of drug-likeness (QED) is 0.800. The Kier molecular flexibility index (Phi) is 5.06. The van der Waals surface area contributed by atoms with Gasteiger partial charge in [0, 0.05) is 11.3 Å². The van der Waals surface area contributed by atoms with E-state index in [9.17, 15) is 9.59 Å². The van der Waals surface area contributed by atoms with Crippen LogP contribution in [0.25, 0.3) is 0 Å². The van der Waals surface area contributed by atoms with Crippen molar-refractivity contribution in [1.29, 1.82) is 0 Å². The number of ether oxygens (including phenoxy) is 1. The highest BCUT2D eigenvalue weighted by Crippen LogP contribution is 2.24. The molecule has 1 aromatic carbocycles. The molecule has 5 heteroatoms. The van der Waals surface area contributed by atoms with Crippen LogP contribution in [0.1, 0.15) is 24.2 Å². The van der Waals surface area contributed by atoms with Crippen LogP contribution >= 0.6 is 11.8 Å². The number of benzene rings is 1. The number of thioether (sulfide) groups is 1. The Morgan fingerprint density at radius 2 is 2.05 bits per heavy atom. The van der Waals surface area contributed by atoms with Crippen LogP contribution in [0.2, 0.25) is 0 Å². The molecular weight excluding hydrogens is 274 g/mol. The van der Waals surface area contributed by atoms with Gasteiger partial charge in [-0.25, -0.2) is 4.79 Å². The average molecular weight is 293 g/mol. The van der Waals surface area contributed by atoms with Crippen molar-refractivity contribution >= 4 is 23.6 Å². The van der Waals surface area contributed by atoms with E-state index in [1.54, 1.807) is 28.8 Å². The fourth-order valence-corrected chi connectivity index (χ4v) is 3.07. The summed E-state index contributed by atoms with van der Waals surface area (Å²) >= 11 is 1.58. The first kappa shape index (κ1) is 14.9. The fraction of sp³-hybridized carbons (Fsp3) is 0.467. The molecule has 0 spiro atoms. The first-order valence-electron chi connectivity index (χ1n) is 6.70. The third-order valence-electron chi connectivity index (χ3n) is 2.99. The third kappa shape index (κ3) is 3.54. The van der Waals surface area contributed by atoms with Gasteiger partial charge in [-0.1, -0.05) is 32.0 Å². The van der Waals surface area contributed by atoms with E-state index in [0.717, 1.165) is 0 Å². The Balaban J connectivity index is 2.04. The summed E-state index contributed by atoms with van der Waals surface area (Å²) in [7, 11) is 0. The summed E-state index contributed by atoms with van der Waals surface area (Å²) in [5.74, 6) is 1.03. The van der Waals surface area contributed by atoms with E-state index in [-0.39, 0.29) is 11.9 Å². The molecule has 20 heavy (non-hydrogen) atoms. The molecule has 1 amide bonds. The Morgan fingerprint density at radius 1 is 1.35 bits per heavy atom. The highest BCUT2D eigenvalue weighted by atomic mass is 32.2. The summed E-state index contributed by atoms with van der Waals surface area (Å²) in [5, 5.41) is 0. The van der Waals surface area contributed by atoms with Crippen LogP contribution in [0.15, 0.2) is 30.3 Å². The maximum absolute atomic E-state index is 12.4. The molecule has 1 saturated heterocycles. The molecule has 0 aromatic heterocycles. The van der Waals surface area contributed by atoms with Crippen molar-refractivity contribution in [2.24, 2.45) is 5.92 Å². The van der Waals surface area contributed by atoms with Crippen LogP contribution < -0.4 is 0 Å². The van der Waals surface area contributed by atoms with Crippen LogP contribution in [0.3, 0.4) is 0 Å². The first-order chi connectivity index (χ1) is 9.59. The lowest BCUT2D eigenvalue weighted by atomic mass is 10.2. The smallest absolute Gasteiger partial charge is 0.329 e. The second-order valence-electron chi connectivity index (χ2n) is 5.18. The van der Waals surface area contributed by atoms with Crippen molar-refractivity contribution in [3.05, 3.63) is 35.9 Å². The minimum Gasteiger partial charge on any atom is -0.464 e. The normalized spacial score (nSPS) is 18.4. The van der Waals surface area contributed by atoms with Crippen molar-refractivity contribution in [2.75, 3.05) is 18.2 Å². The van der Waals surface area contributed by atoms with Gasteiger partial charge in [-0.3, -0.25) is 4.79 Å². The number of rotatable bonds is 4. The van der Waals surface area contributed by atoms with E-state index in [1.807, 2.05) is 32.0 Å². The van der Waals surface area contributed by atoms with Crippen LogP contribution in [0.4, 0.5) is 0 Å². The molecule has 1 heterocycles. The summed E-state index contributed by atoms with van der Waals surface area (Å²) < 4.78 is 5.26. The summed E-state index contributed by atoms with van der Waals surface area (Å²) in [6.45, 7) is 4.38. The molecule has 1 unspecified atom stereocenters. The van der Waals surface area contributed by atoms with Crippen LogP contribution in [0, 0.1) is 5.92 Å². The Hall–Kier alpha value is -1.49. The number of hydrogen-bond acceptors (Lipinski definition) is 4. The largest absolute Gasteiger partial charge is 0.464 e. The van der Waals surface area contributed by atoms with E-state index in [4.69, 9.17) is 4.74 Å². The molecule has 0 saturated carbocycles. The number of carbonyl (C=O) groups excluding carboxylic acids is 2. The van der Waals surface area contributed by atoms with Crippen LogP contribution in [-0.4, -0.2) is 41.1 Å². The molecule has 4 nitrogen and oxygen atoms in total.